The van der Waals surface area contributed by atoms with Crippen molar-refractivity contribution in [3.8, 4) is 16.4 Å². The van der Waals surface area contributed by atoms with Gasteiger partial charge in [-0.25, -0.2) is 0 Å². The van der Waals surface area contributed by atoms with E-state index < -0.39 is 0 Å². The first-order chi connectivity index (χ1) is 14.6. The van der Waals surface area contributed by atoms with Crippen molar-refractivity contribution in [2.24, 2.45) is 0 Å². The van der Waals surface area contributed by atoms with Crippen molar-refractivity contribution in [3.63, 3.8) is 0 Å². The van der Waals surface area contributed by atoms with E-state index >= 15 is 0 Å². The van der Waals surface area contributed by atoms with Crippen molar-refractivity contribution >= 4 is 51.9 Å². The number of thioether (sulfide) groups is 2. The number of aromatic nitrogens is 3. The zero-order valence-electron chi connectivity index (χ0n) is 15.7. The Kier molecular flexibility index (Phi) is 6.50. The molecule has 0 bridgehead atoms. The Morgan fingerprint density at radius 1 is 1.13 bits per heavy atom. The van der Waals surface area contributed by atoms with Gasteiger partial charge >= 0.3 is 0 Å². The fourth-order valence-electron chi connectivity index (χ4n) is 2.82. The van der Waals surface area contributed by atoms with E-state index in [1.807, 2.05) is 52.4 Å². The second kappa shape index (κ2) is 9.45. The molecule has 1 fully saturated rings. The van der Waals surface area contributed by atoms with Crippen LogP contribution in [0, 0.1) is 0 Å². The lowest BCUT2D eigenvalue weighted by Crippen LogP contribution is -2.38. The maximum absolute atomic E-state index is 12.3. The second-order valence-electron chi connectivity index (χ2n) is 6.19. The van der Waals surface area contributed by atoms with E-state index in [1.165, 1.54) is 11.8 Å². The number of carbonyl (C=O) groups is 3. The highest BCUT2D eigenvalue weighted by Crippen LogP contribution is 2.30. The van der Waals surface area contributed by atoms with Crippen LogP contribution in [0.1, 0.15) is 0 Å². The molecule has 1 aliphatic heterocycles. The Morgan fingerprint density at radius 2 is 1.97 bits per heavy atom. The van der Waals surface area contributed by atoms with Gasteiger partial charge in [-0.1, -0.05) is 47.8 Å². The molecular weight excluding hydrogens is 442 g/mol. The number of nitrogens with zero attached hydrogens (tertiary/aromatic N) is 4. The van der Waals surface area contributed by atoms with Gasteiger partial charge < -0.3 is 5.32 Å². The lowest BCUT2D eigenvalue weighted by atomic mass is 10.3. The summed E-state index contributed by atoms with van der Waals surface area (Å²) in [5.74, 6) is 0.622. The number of imide groups is 1. The predicted molar refractivity (Wildman–Crippen MR) is 118 cm³/mol. The maximum atomic E-state index is 12.3. The van der Waals surface area contributed by atoms with Gasteiger partial charge in [-0.2, -0.15) is 0 Å². The van der Waals surface area contributed by atoms with Crippen LogP contribution >= 0.6 is 34.9 Å². The number of carbonyl (C=O) groups excluding carboxylic acids is 3. The van der Waals surface area contributed by atoms with Crippen LogP contribution in [0.5, 0.6) is 0 Å². The third-order valence-corrected chi connectivity index (χ3v) is 6.87. The Morgan fingerprint density at radius 3 is 2.67 bits per heavy atom. The fourth-order valence-corrected chi connectivity index (χ4v) is 5.06. The molecule has 154 valence electrons. The van der Waals surface area contributed by atoms with E-state index in [4.69, 9.17) is 0 Å². The highest BCUT2D eigenvalue weighted by molar-refractivity contribution is 8.14. The molecule has 3 aromatic rings. The Bertz CT molecular complexity index is 1040. The van der Waals surface area contributed by atoms with E-state index in [0.29, 0.717) is 5.16 Å². The van der Waals surface area contributed by atoms with Gasteiger partial charge in [0, 0.05) is 18.8 Å². The summed E-state index contributed by atoms with van der Waals surface area (Å²) in [5.41, 5.74) is 0.914. The van der Waals surface area contributed by atoms with Crippen LogP contribution < -0.4 is 5.32 Å². The standard InChI is InChI=1S/C19H17N5O3S3/c25-15(20-8-9-23-16(26)12-30-19(23)27)11-29-18-22-21-17(14-7-4-10-28-14)24(18)13-5-2-1-3-6-13/h1-7,10H,8-9,11-12H2,(H,20,25). The highest BCUT2D eigenvalue weighted by atomic mass is 32.2. The van der Waals surface area contributed by atoms with Gasteiger partial charge in [0.15, 0.2) is 11.0 Å². The molecule has 1 N–H and O–H groups in total. The molecule has 1 saturated heterocycles. The number of amides is 3. The van der Waals surface area contributed by atoms with E-state index in [1.54, 1.807) is 11.3 Å². The number of thiophene rings is 1. The zero-order valence-corrected chi connectivity index (χ0v) is 18.1. The van der Waals surface area contributed by atoms with Gasteiger partial charge in [-0.15, -0.1) is 21.5 Å². The minimum atomic E-state index is -0.263. The SMILES string of the molecule is O=C(CSc1nnc(-c2cccs2)n1-c1ccccc1)NCCN1C(=O)CSC1=O. The first kappa shape index (κ1) is 20.6. The minimum Gasteiger partial charge on any atom is -0.354 e. The number of para-hydroxylation sites is 1. The second-order valence-corrected chi connectivity index (χ2v) is 9.01. The molecule has 11 heteroatoms. The molecule has 0 unspecified atom stereocenters. The summed E-state index contributed by atoms with van der Waals surface area (Å²) in [7, 11) is 0. The number of hydrogen-bond acceptors (Lipinski definition) is 8. The van der Waals surface area contributed by atoms with Crippen LogP contribution in [0.3, 0.4) is 0 Å². The zero-order chi connectivity index (χ0) is 20.9. The number of nitrogens with one attached hydrogen (secondary N) is 1. The van der Waals surface area contributed by atoms with Crippen molar-refractivity contribution < 1.29 is 14.4 Å². The topological polar surface area (TPSA) is 97.2 Å². The molecule has 30 heavy (non-hydrogen) atoms. The summed E-state index contributed by atoms with van der Waals surface area (Å²) >= 11 is 3.84. The predicted octanol–water partition coefficient (Wildman–Crippen LogP) is 2.90. The van der Waals surface area contributed by atoms with Crippen molar-refractivity contribution in [1.82, 2.24) is 25.0 Å². The summed E-state index contributed by atoms with van der Waals surface area (Å²) in [5, 5.41) is 13.7. The Labute approximate surface area is 185 Å². The molecule has 0 spiro atoms. The van der Waals surface area contributed by atoms with Crippen molar-refractivity contribution in [3.05, 3.63) is 47.8 Å². The van der Waals surface area contributed by atoms with E-state index in [0.717, 1.165) is 33.1 Å². The molecule has 0 saturated carbocycles. The molecular formula is C19H17N5O3S3. The molecule has 0 atom stereocenters. The number of benzene rings is 1. The quantitative estimate of drug-likeness (QED) is 0.517. The maximum Gasteiger partial charge on any atom is 0.288 e. The van der Waals surface area contributed by atoms with Crippen molar-refractivity contribution in [1.29, 1.82) is 0 Å². The van der Waals surface area contributed by atoms with Crippen molar-refractivity contribution in [2.45, 2.75) is 5.16 Å². The average Bonchev–Trinajstić information content (AvgIpc) is 3.49. The minimum absolute atomic E-state index is 0.145. The van der Waals surface area contributed by atoms with Crippen LogP contribution in [0.25, 0.3) is 16.4 Å². The van der Waals surface area contributed by atoms with Gasteiger partial charge in [-0.05, 0) is 23.6 Å². The summed E-state index contributed by atoms with van der Waals surface area (Å²) < 4.78 is 1.93. The van der Waals surface area contributed by atoms with E-state index in [2.05, 4.69) is 15.5 Å². The molecule has 2 aromatic heterocycles. The lowest BCUT2D eigenvalue weighted by Gasteiger charge is -2.13. The Balaban J connectivity index is 1.40. The number of hydrogen-bond donors (Lipinski definition) is 1. The molecule has 1 aliphatic rings. The summed E-state index contributed by atoms with van der Waals surface area (Å²) in [6, 6.07) is 13.7. The average molecular weight is 460 g/mol. The van der Waals surface area contributed by atoms with Gasteiger partial charge in [0.1, 0.15) is 0 Å². The van der Waals surface area contributed by atoms with Crippen LogP contribution in [-0.4, -0.2) is 61.3 Å². The molecule has 1 aromatic carbocycles. The largest absolute Gasteiger partial charge is 0.354 e. The molecule has 3 amide bonds. The van der Waals surface area contributed by atoms with Gasteiger partial charge in [-0.3, -0.25) is 23.9 Å². The first-order valence-electron chi connectivity index (χ1n) is 9.05. The van der Waals surface area contributed by atoms with Crippen LogP contribution in [0.4, 0.5) is 4.79 Å². The highest BCUT2D eigenvalue weighted by Gasteiger charge is 2.29. The number of rotatable bonds is 8. The fraction of sp³-hybridized carbons (Fsp3) is 0.211. The monoisotopic (exact) mass is 459 g/mol. The van der Waals surface area contributed by atoms with Crippen LogP contribution in [0.15, 0.2) is 53.0 Å². The normalized spacial score (nSPS) is 13.8. The van der Waals surface area contributed by atoms with Crippen LogP contribution in [-0.2, 0) is 9.59 Å². The molecule has 3 heterocycles. The van der Waals surface area contributed by atoms with Crippen LogP contribution in [0.2, 0.25) is 0 Å². The molecule has 4 rings (SSSR count). The third kappa shape index (κ3) is 4.58. The van der Waals surface area contributed by atoms with Gasteiger partial charge in [0.05, 0.1) is 16.4 Å². The third-order valence-electron chi connectivity index (χ3n) is 4.22. The molecule has 0 aliphatic carbocycles. The van der Waals surface area contributed by atoms with E-state index in [-0.39, 0.29) is 41.6 Å². The summed E-state index contributed by atoms with van der Waals surface area (Å²) in [6.07, 6.45) is 0. The summed E-state index contributed by atoms with van der Waals surface area (Å²) in [4.78, 5) is 37.6. The van der Waals surface area contributed by atoms with Gasteiger partial charge in [0.2, 0.25) is 11.8 Å². The first-order valence-corrected chi connectivity index (χ1v) is 11.9. The Hall–Kier alpha value is -2.63. The summed E-state index contributed by atoms with van der Waals surface area (Å²) in [6.45, 7) is 0.410. The molecule has 8 nitrogen and oxygen atoms in total. The van der Waals surface area contributed by atoms with E-state index in [9.17, 15) is 14.4 Å². The van der Waals surface area contributed by atoms with Gasteiger partial charge in [0.25, 0.3) is 5.24 Å². The molecule has 0 radical (unpaired) electrons. The smallest absolute Gasteiger partial charge is 0.288 e. The van der Waals surface area contributed by atoms with Crippen molar-refractivity contribution in [2.75, 3.05) is 24.6 Å². The lowest BCUT2D eigenvalue weighted by molar-refractivity contribution is -0.125.